The molecule has 0 radical (unpaired) electrons. The van der Waals surface area contributed by atoms with Crippen LogP contribution in [0.15, 0.2) is 24.3 Å². The summed E-state index contributed by atoms with van der Waals surface area (Å²) >= 11 is 0. The van der Waals surface area contributed by atoms with Crippen LogP contribution in [0.3, 0.4) is 0 Å². The summed E-state index contributed by atoms with van der Waals surface area (Å²) in [5.74, 6) is -0.893. The predicted molar refractivity (Wildman–Crippen MR) is 145 cm³/mol. The molecule has 0 unspecified atom stereocenters. The Morgan fingerprint density at radius 2 is 1.78 bits per heavy atom. The second-order valence-electron chi connectivity index (χ2n) is 12.2. The smallest absolute Gasteiger partial charge is 0.492 e. The number of rotatable bonds is 8. The second kappa shape index (κ2) is 11.3. The van der Waals surface area contributed by atoms with Gasteiger partial charge in [-0.25, -0.2) is 18.7 Å². The Hall–Kier alpha value is -3.57. The van der Waals surface area contributed by atoms with E-state index in [1.165, 1.54) is 19.1 Å². The van der Waals surface area contributed by atoms with Gasteiger partial charge < -0.3 is 19.7 Å². The zero-order chi connectivity index (χ0) is 33.2. The summed E-state index contributed by atoms with van der Waals surface area (Å²) in [6.45, 7) is 1.27. The zero-order valence-corrected chi connectivity index (χ0v) is 24.3. The molecule has 17 heteroatoms. The maximum absolute atomic E-state index is 14.3. The van der Waals surface area contributed by atoms with Gasteiger partial charge in [0.15, 0.2) is 0 Å². The molecule has 2 aromatic heterocycles. The van der Waals surface area contributed by atoms with E-state index in [9.17, 15) is 45.0 Å². The van der Waals surface area contributed by atoms with Crippen molar-refractivity contribution in [3.63, 3.8) is 0 Å². The Labute approximate surface area is 256 Å². The van der Waals surface area contributed by atoms with Crippen LogP contribution < -0.4 is 10.1 Å². The Kier molecular flexibility index (Phi) is 7.95. The van der Waals surface area contributed by atoms with E-state index >= 15 is 0 Å². The predicted octanol–water partition coefficient (Wildman–Crippen LogP) is 5.87. The second-order valence-corrected chi connectivity index (χ2v) is 12.2. The highest BCUT2D eigenvalue weighted by molar-refractivity contribution is 6.05. The van der Waals surface area contributed by atoms with Crippen LogP contribution in [0.5, 0.6) is 5.75 Å². The van der Waals surface area contributed by atoms with Crippen LogP contribution >= 0.6 is 0 Å². The maximum atomic E-state index is 14.3. The Balaban J connectivity index is 1.18. The fraction of sp³-hybridized carbons (Fsp3) is 0.552. The largest absolute Gasteiger partial charge is 0.522 e. The summed E-state index contributed by atoms with van der Waals surface area (Å²) in [5.41, 5.74) is -3.83. The number of nitrogens with zero attached hydrogens (tertiary/aromatic N) is 4. The first-order valence-electron chi connectivity index (χ1n) is 14.5. The SMILES string of the molecule is CC1(O)CC(n2c(COC(F)(F)F)nc3cc(OCCN4CCC5(CC4)C(=O)Nc4ccc(C(F)F)nc45)cc(C(F)(F)F)c32)C1. The van der Waals surface area contributed by atoms with Crippen LogP contribution in [0.1, 0.15) is 67.9 Å². The van der Waals surface area contributed by atoms with E-state index in [0.717, 1.165) is 16.7 Å². The molecule has 1 amide bonds. The zero-order valence-electron chi connectivity index (χ0n) is 24.3. The van der Waals surface area contributed by atoms with Crippen LogP contribution in [0.2, 0.25) is 0 Å². The van der Waals surface area contributed by atoms with Gasteiger partial charge in [-0.3, -0.25) is 14.4 Å². The fourth-order valence-electron chi connectivity index (χ4n) is 6.66. The number of carbonyl (C=O) groups is 1. The summed E-state index contributed by atoms with van der Waals surface area (Å²) in [5, 5.41) is 12.9. The molecule has 1 saturated carbocycles. The number of carbonyl (C=O) groups excluding carboxylic acids is 1. The Morgan fingerprint density at radius 1 is 1.09 bits per heavy atom. The minimum atomic E-state index is -5.04. The lowest BCUT2D eigenvalue weighted by Gasteiger charge is -2.42. The quantitative estimate of drug-likeness (QED) is 0.291. The van der Waals surface area contributed by atoms with E-state index in [4.69, 9.17) is 4.74 Å². The third kappa shape index (κ3) is 6.11. The molecule has 1 saturated heterocycles. The number of halogens is 8. The number of hydrogen-bond acceptors (Lipinski definition) is 7. The molecule has 1 spiro atoms. The van der Waals surface area contributed by atoms with E-state index in [1.54, 1.807) is 0 Å². The van der Waals surface area contributed by atoms with E-state index in [-0.39, 0.29) is 67.5 Å². The number of hydrogen-bond donors (Lipinski definition) is 2. The lowest BCUT2D eigenvalue weighted by atomic mass is 9.76. The highest BCUT2D eigenvalue weighted by Gasteiger charge is 2.50. The van der Waals surface area contributed by atoms with Gasteiger partial charge in [-0.2, -0.15) is 13.2 Å². The van der Waals surface area contributed by atoms with Gasteiger partial charge in [0, 0.05) is 18.7 Å². The molecule has 0 bridgehead atoms. The molecule has 4 heterocycles. The van der Waals surface area contributed by atoms with Gasteiger partial charge in [-0.05, 0) is 63.9 Å². The Bertz CT molecular complexity index is 1640. The summed E-state index contributed by atoms with van der Waals surface area (Å²) in [6.07, 6.45) is -12.2. The fourth-order valence-corrected chi connectivity index (χ4v) is 6.66. The number of benzene rings is 1. The summed E-state index contributed by atoms with van der Waals surface area (Å²) in [7, 11) is 0. The van der Waals surface area contributed by atoms with E-state index in [1.807, 2.05) is 4.90 Å². The average molecular weight is 664 g/mol. The minimum Gasteiger partial charge on any atom is -0.492 e. The molecule has 6 rings (SSSR count). The molecule has 46 heavy (non-hydrogen) atoms. The molecule has 250 valence electrons. The number of amides is 1. The first-order valence-corrected chi connectivity index (χ1v) is 14.5. The number of anilines is 1. The number of likely N-dealkylation sites (tertiary alicyclic amines) is 1. The van der Waals surface area contributed by atoms with Crippen molar-refractivity contribution in [1.82, 2.24) is 19.4 Å². The number of aliphatic hydroxyl groups is 1. The van der Waals surface area contributed by atoms with Crippen molar-refractivity contribution in [3.8, 4) is 5.75 Å². The molecule has 3 aliphatic rings. The first kappa shape index (κ1) is 32.4. The molecule has 2 N–H and O–H groups in total. The topological polar surface area (TPSA) is 102 Å². The molecule has 3 aromatic rings. The van der Waals surface area contributed by atoms with Gasteiger partial charge in [0.1, 0.15) is 30.5 Å². The number of fused-ring (bicyclic) bond motifs is 3. The number of nitrogens with one attached hydrogen (secondary N) is 1. The molecular formula is C29H29F8N5O4. The van der Waals surface area contributed by atoms with Crippen LogP contribution in [0, 0.1) is 0 Å². The highest BCUT2D eigenvalue weighted by atomic mass is 19.4. The van der Waals surface area contributed by atoms with Gasteiger partial charge in [0.2, 0.25) is 5.91 Å². The molecule has 2 fully saturated rings. The summed E-state index contributed by atoms with van der Waals surface area (Å²) < 4.78 is 119. The normalized spacial score (nSPS) is 23.2. The van der Waals surface area contributed by atoms with Crippen molar-refractivity contribution < 1.29 is 54.5 Å². The molecular weight excluding hydrogens is 634 g/mol. The molecule has 1 aliphatic carbocycles. The number of pyridine rings is 1. The van der Waals surface area contributed by atoms with Crippen molar-refractivity contribution in [2.24, 2.45) is 0 Å². The van der Waals surface area contributed by atoms with Crippen molar-refractivity contribution in [3.05, 3.63) is 47.0 Å². The van der Waals surface area contributed by atoms with Gasteiger partial charge in [-0.15, -0.1) is 13.2 Å². The average Bonchev–Trinajstić information content (AvgIpc) is 3.44. The number of piperidine rings is 1. The number of aromatic nitrogens is 3. The number of imidazole rings is 1. The van der Waals surface area contributed by atoms with Crippen LogP contribution in [-0.4, -0.2) is 68.7 Å². The van der Waals surface area contributed by atoms with Crippen molar-refractivity contribution in [2.45, 2.75) is 75.2 Å². The molecule has 1 aromatic carbocycles. The van der Waals surface area contributed by atoms with Crippen molar-refractivity contribution in [1.29, 1.82) is 0 Å². The summed E-state index contributed by atoms with van der Waals surface area (Å²) in [4.78, 5) is 22.9. The molecule has 2 aliphatic heterocycles. The van der Waals surface area contributed by atoms with Crippen LogP contribution in [0.25, 0.3) is 11.0 Å². The Morgan fingerprint density at radius 3 is 2.39 bits per heavy atom. The minimum absolute atomic E-state index is 0.0147. The lowest BCUT2D eigenvalue weighted by molar-refractivity contribution is -0.331. The van der Waals surface area contributed by atoms with Crippen molar-refractivity contribution >= 4 is 22.6 Å². The number of ether oxygens (including phenoxy) is 2. The van der Waals surface area contributed by atoms with Crippen LogP contribution in [0.4, 0.5) is 40.8 Å². The van der Waals surface area contributed by atoms with Gasteiger partial charge in [0.25, 0.3) is 6.43 Å². The standard InChI is InChI=1S/C29H29F8N5O4/c1-26(44)12-15(13-26)42-21(14-46-29(35,36)37)38-20-11-16(10-17(22(20)42)28(32,33)34)45-9-8-41-6-4-27(5-7-41)23-18(40-25(27)43)2-3-19(39-23)24(30)31/h2-3,10-11,15,24,44H,4-9,12-14H2,1H3,(H,40,43). The lowest BCUT2D eigenvalue weighted by Crippen LogP contribution is -2.47. The number of alkyl halides is 8. The van der Waals surface area contributed by atoms with Gasteiger partial charge in [0.05, 0.1) is 39.0 Å². The van der Waals surface area contributed by atoms with E-state index < -0.39 is 59.4 Å². The van der Waals surface area contributed by atoms with E-state index in [2.05, 4.69) is 20.0 Å². The third-order valence-electron chi connectivity index (χ3n) is 8.88. The van der Waals surface area contributed by atoms with Gasteiger partial charge >= 0.3 is 12.5 Å². The van der Waals surface area contributed by atoms with E-state index in [0.29, 0.717) is 18.8 Å². The van der Waals surface area contributed by atoms with Gasteiger partial charge in [-0.1, -0.05) is 0 Å². The summed E-state index contributed by atoms with van der Waals surface area (Å²) in [6, 6.07) is 3.83. The third-order valence-corrected chi connectivity index (χ3v) is 8.88. The first-order chi connectivity index (χ1) is 21.5. The highest BCUT2D eigenvalue weighted by Crippen LogP contribution is 2.47. The molecule has 0 atom stereocenters. The molecule has 9 nitrogen and oxygen atoms in total. The monoisotopic (exact) mass is 663 g/mol. The van der Waals surface area contributed by atoms with Crippen molar-refractivity contribution in [2.75, 3.05) is 31.6 Å². The maximum Gasteiger partial charge on any atom is 0.522 e. The van der Waals surface area contributed by atoms with Crippen LogP contribution in [-0.2, 0) is 27.7 Å².